The Kier molecular flexibility index (Phi) is 3.58. The summed E-state index contributed by atoms with van der Waals surface area (Å²) >= 11 is 5.86. The highest BCUT2D eigenvalue weighted by Gasteiger charge is 1.99. The summed E-state index contributed by atoms with van der Waals surface area (Å²) in [6.45, 7) is 4.38. The van der Waals surface area contributed by atoms with Crippen LogP contribution in [0.5, 0.6) is 5.75 Å². The van der Waals surface area contributed by atoms with Gasteiger partial charge < -0.3 is 10.5 Å². The molecule has 0 spiro atoms. The first-order valence-corrected chi connectivity index (χ1v) is 4.62. The van der Waals surface area contributed by atoms with Gasteiger partial charge in [0.05, 0.1) is 0 Å². The molecule has 0 heterocycles. The number of benzene rings is 1. The number of rotatable bonds is 3. The molecule has 0 aromatic heterocycles. The van der Waals surface area contributed by atoms with Crippen LogP contribution in [-0.4, -0.2) is 12.6 Å². The minimum absolute atomic E-state index is 0.0518. The zero-order valence-electron chi connectivity index (χ0n) is 7.88. The van der Waals surface area contributed by atoms with Gasteiger partial charge in [-0.25, -0.2) is 0 Å². The third kappa shape index (κ3) is 3.25. The second-order valence-corrected chi connectivity index (χ2v) is 3.61. The Morgan fingerprint density at radius 3 is 2.77 bits per heavy atom. The molecule has 0 saturated carbocycles. The van der Waals surface area contributed by atoms with Crippen LogP contribution in [-0.2, 0) is 0 Å². The molecule has 0 saturated heterocycles. The van der Waals surface area contributed by atoms with Crippen molar-refractivity contribution < 1.29 is 4.74 Å². The van der Waals surface area contributed by atoms with Crippen LogP contribution in [0, 0.1) is 6.92 Å². The monoisotopic (exact) mass is 199 g/mol. The summed E-state index contributed by atoms with van der Waals surface area (Å²) in [5.74, 6) is 0.819. The summed E-state index contributed by atoms with van der Waals surface area (Å²) in [4.78, 5) is 0. The van der Waals surface area contributed by atoms with E-state index >= 15 is 0 Å². The van der Waals surface area contributed by atoms with Crippen LogP contribution in [0.1, 0.15) is 12.5 Å². The Balaban J connectivity index is 2.63. The lowest BCUT2D eigenvalue weighted by Gasteiger charge is -2.09. The van der Waals surface area contributed by atoms with Crippen molar-refractivity contribution in [2.24, 2.45) is 5.73 Å². The van der Waals surface area contributed by atoms with E-state index < -0.39 is 0 Å². The van der Waals surface area contributed by atoms with Gasteiger partial charge in [-0.1, -0.05) is 11.6 Å². The predicted molar refractivity (Wildman–Crippen MR) is 55.3 cm³/mol. The molecule has 0 bridgehead atoms. The fraction of sp³-hybridized carbons (Fsp3) is 0.400. The van der Waals surface area contributed by atoms with E-state index in [1.807, 2.05) is 32.0 Å². The highest BCUT2D eigenvalue weighted by atomic mass is 35.5. The summed E-state index contributed by atoms with van der Waals surface area (Å²) in [7, 11) is 0. The minimum Gasteiger partial charge on any atom is -0.492 e. The molecule has 0 fully saturated rings. The predicted octanol–water partition coefficient (Wildman–Crippen LogP) is 2.37. The minimum atomic E-state index is 0.0518. The third-order valence-electron chi connectivity index (χ3n) is 1.64. The van der Waals surface area contributed by atoms with Gasteiger partial charge in [-0.05, 0) is 37.6 Å². The summed E-state index contributed by atoms with van der Waals surface area (Å²) in [5, 5.41) is 0.758. The van der Waals surface area contributed by atoms with Crippen molar-refractivity contribution in [3.05, 3.63) is 28.8 Å². The standard InChI is InChI=1S/C10H14ClNO/c1-7-5-9(3-4-10(7)11)13-6-8(2)12/h3-5,8H,6,12H2,1-2H3/t8-/m0/s1. The van der Waals surface area contributed by atoms with E-state index in [4.69, 9.17) is 22.1 Å². The van der Waals surface area contributed by atoms with Gasteiger partial charge in [0, 0.05) is 11.1 Å². The van der Waals surface area contributed by atoms with E-state index in [2.05, 4.69) is 0 Å². The van der Waals surface area contributed by atoms with E-state index in [0.717, 1.165) is 16.3 Å². The van der Waals surface area contributed by atoms with Crippen LogP contribution in [0.3, 0.4) is 0 Å². The van der Waals surface area contributed by atoms with E-state index in [-0.39, 0.29) is 6.04 Å². The average molecular weight is 200 g/mol. The Morgan fingerprint density at radius 2 is 2.23 bits per heavy atom. The van der Waals surface area contributed by atoms with Gasteiger partial charge in [-0.2, -0.15) is 0 Å². The smallest absolute Gasteiger partial charge is 0.119 e. The number of hydrogen-bond acceptors (Lipinski definition) is 2. The molecular weight excluding hydrogens is 186 g/mol. The summed E-state index contributed by atoms with van der Waals surface area (Å²) < 4.78 is 5.42. The number of aryl methyl sites for hydroxylation is 1. The summed E-state index contributed by atoms with van der Waals surface area (Å²) in [6, 6.07) is 5.63. The maximum Gasteiger partial charge on any atom is 0.119 e. The molecule has 1 aromatic carbocycles. The van der Waals surface area contributed by atoms with Crippen LogP contribution in [0.25, 0.3) is 0 Å². The van der Waals surface area contributed by atoms with Crippen molar-refractivity contribution in [1.29, 1.82) is 0 Å². The molecule has 0 aliphatic carbocycles. The maximum atomic E-state index is 5.86. The quantitative estimate of drug-likeness (QED) is 0.812. The molecule has 0 radical (unpaired) electrons. The van der Waals surface area contributed by atoms with Gasteiger partial charge in [-0.15, -0.1) is 0 Å². The largest absolute Gasteiger partial charge is 0.492 e. The third-order valence-corrected chi connectivity index (χ3v) is 2.07. The molecule has 0 amide bonds. The maximum absolute atomic E-state index is 5.86. The van der Waals surface area contributed by atoms with Crippen molar-refractivity contribution in [2.75, 3.05) is 6.61 Å². The second-order valence-electron chi connectivity index (χ2n) is 3.20. The zero-order chi connectivity index (χ0) is 9.84. The van der Waals surface area contributed by atoms with E-state index in [1.165, 1.54) is 0 Å². The lowest BCUT2D eigenvalue weighted by Crippen LogP contribution is -2.23. The van der Waals surface area contributed by atoms with Crippen LogP contribution in [0.4, 0.5) is 0 Å². The van der Waals surface area contributed by atoms with E-state index in [1.54, 1.807) is 0 Å². The molecule has 0 unspecified atom stereocenters. The highest BCUT2D eigenvalue weighted by Crippen LogP contribution is 2.20. The second kappa shape index (κ2) is 4.49. The van der Waals surface area contributed by atoms with Gasteiger partial charge >= 0.3 is 0 Å². The van der Waals surface area contributed by atoms with Gasteiger partial charge in [0.2, 0.25) is 0 Å². The van der Waals surface area contributed by atoms with E-state index in [9.17, 15) is 0 Å². The molecule has 2 nitrogen and oxygen atoms in total. The lowest BCUT2D eigenvalue weighted by molar-refractivity contribution is 0.296. The van der Waals surface area contributed by atoms with Crippen LogP contribution in [0.2, 0.25) is 5.02 Å². The normalized spacial score (nSPS) is 12.6. The van der Waals surface area contributed by atoms with Crippen molar-refractivity contribution >= 4 is 11.6 Å². The first kappa shape index (κ1) is 10.4. The lowest BCUT2D eigenvalue weighted by atomic mass is 10.2. The number of ether oxygens (including phenoxy) is 1. The molecule has 1 rings (SSSR count). The molecule has 0 aliphatic rings. The Bertz CT molecular complexity index is 286. The molecule has 1 aromatic rings. The first-order chi connectivity index (χ1) is 6.09. The highest BCUT2D eigenvalue weighted by molar-refractivity contribution is 6.31. The fourth-order valence-corrected chi connectivity index (χ4v) is 1.05. The molecule has 0 aliphatic heterocycles. The molecule has 3 heteroatoms. The van der Waals surface area contributed by atoms with Crippen molar-refractivity contribution in [3.63, 3.8) is 0 Å². The average Bonchev–Trinajstić information content (AvgIpc) is 2.07. The Labute approximate surface area is 83.6 Å². The number of halogens is 1. The number of nitrogens with two attached hydrogens (primary N) is 1. The fourth-order valence-electron chi connectivity index (χ4n) is 0.935. The first-order valence-electron chi connectivity index (χ1n) is 4.24. The molecule has 13 heavy (non-hydrogen) atoms. The van der Waals surface area contributed by atoms with Crippen LogP contribution < -0.4 is 10.5 Å². The zero-order valence-corrected chi connectivity index (χ0v) is 8.64. The van der Waals surface area contributed by atoms with Crippen molar-refractivity contribution in [1.82, 2.24) is 0 Å². The molecule has 72 valence electrons. The summed E-state index contributed by atoms with van der Waals surface area (Å²) in [5.41, 5.74) is 6.57. The van der Waals surface area contributed by atoms with Gasteiger partial charge in [0.25, 0.3) is 0 Å². The Morgan fingerprint density at radius 1 is 1.54 bits per heavy atom. The van der Waals surface area contributed by atoms with Gasteiger partial charge in [0.15, 0.2) is 0 Å². The SMILES string of the molecule is Cc1cc(OC[C@H](C)N)ccc1Cl. The van der Waals surface area contributed by atoms with Gasteiger partial charge in [0.1, 0.15) is 12.4 Å². The summed E-state index contributed by atoms with van der Waals surface area (Å²) in [6.07, 6.45) is 0. The Hall–Kier alpha value is -0.730. The van der Waals surface area contributed by atoms with Gasteiger partial charge in [-0.3, -0.25) is 0 Å². The van der Waals surface area contributed by atoms with Crippen molar-refractivity contribution in [2.45, 2.75) is 19.9 Å². The molecule has 1 atom stereocenters. The van der Waals surface area contributed by atoms with Crippen molar-refractivity contribution in [3.8, 4) is 5.75 Å². The van der Waals surface area contributed by atoms with Crippen LogP contribution >= 0.6 is 11.6 Å². The van der Waals surface area contributed by atoms with E-state index in [0.29, 0.717) is 6.61 Å². The molecule has 2 N–H and O–H groups in total. The molecular formula is C10H14ClNO. The number of hydrogen-bond donors (Lipinski definition) is 1. The topological polar surface area (TPSA) is 35.2 Å². The van der Waals surface area contributed by atoms with Crippen LogP contribution in [0.15, 0.2) is 18.2 Å².